The van der Waals surface area contributed by atoms with Crippen LogP contribution in [-0.4, -0.2) is 37.0 Å². The molecule has 1 aliphatic heterocycles. The van der Waals surface area contributed by atoms with Gasteiger partial charge in [-0.25, -0.2) is 0 Å². The molecule has 1 unspecified atom stereocenters. The van der Waals surface area contributed by atoms with Gasteiger partial charge in [-0.2, -0.15) is 0 Å². The number of nitrogens with zero attached hydrogens (tertiary/aromatic N) is 1. The molecule has 0 radical (unpaired) electrons. The molecule has 5 N–H and O–H groups in total. The molecule has 0 aromatic heterocycles. The monoisotopic (exact) mass is 248 g/mol. The Labute approximate surface area is 107 Å². The van der Waals surface area contributed by atoms with Gasteiger partial charge in [0.15, 0.2) is 0 Å². The van der Waals surface area contributed by atoms with Crippen LogP contribution in [0.3, 0.4) is 0 Å². The SMILES string of the molecule is CN1CCCC1CNc1cccc(C(N)=O)c1N. The van der Waals surface area contributed by atoms with E-state index >= 15 is 0 Å². The van der Waals surface area contributed by atoms with E-state index in [-0.39, 0.29) is 0 Å². The summed E-state index contributed by atoms with van der Waals surface area (Å²) in [5.41, 5.74) is 12.8. The molecule has 1 aromatic carbocycles. The van der Waals surface area contributed by atoms with Gasteiger partial charge in [0.25, 0.3) is 5.91 Å². The number of carbonyl (C=O) groups excluding carboxylic acids is 1. The number of anilines is 2. The van der Waals surface area contributed by atoms with Crippen LogP contribution in [-0.2, 0) is 0 Å². The molecule has 1 aliphatic rings. The summed E-state index contributed by atoms with van der Waals surface area (Å²) in [6.45, 7) is 1.98. The lowest BCUT2D eigenvalue weighted by Crippen LogP contribution is -2.31. The van der Waals surface area contributed by atoms with E-state index in [0.717, 1.165) is 18.8 Å². The number of nitrogens with one attached hydrogen (secondary N) is 1. The van der Waals surface area contributed by atoms with E-state index in [4.69, 9.17) is 11.5 Å². The van der Waals surface area contributed by atoms with Crippen LogP contribution in [0.2, 0.25) is 0 Å². The smallest absolute Gasteiger partial charge is 0.250 e. The fraction of sp³-hybridized carbons (Fsp3) is 0.462. The average Bonchev–Trinajstić information content (AvgIpc) is 2.73. The standard InChI is InChI=1S/C13H20N4O/c1-17-7-3-4-9(17)8-16-11-6-2-5-10(12(11)14)13(15)18/h2,5-6,9,16H,3-4,7-8,14H2,1H3,(H2,15,18). The summed E-state index contributed by atoms with van der Waals surface area (Å²) < 4.78 is 0. The minimum Gasteiger partial charge on any atom is -0.396 e. The summed E-state index contributed by atoms with van der Waals surface area (Å²) in [6.07, 6.45) is 2.43. The summed E-state index contributed by atoms with van der Waals surface area (Å²) >= 11 is 0. The molecule has 5 nitrogen and oxygen atoms in total. The van der Waals surface area contributed by atoms with Crippen molar-refractivity contribution in [2.45, 2.75) is 18.9 Å². The van der Waals surface area contributed by atoms with Crippen molar-refractivity contribution < 1.29 is 4.79 Å². The lowest BCUT2D eigenvalue weighted by atomic mass is 10.1. The second-order valence-corrected chi connectivity index (χ2v) is 4.79. The molecule has 1 saturated heterocycles. The minimum absolute atomic E-state index is 0.375. The average molecular weight is 248 g/mol. The Balaban J connectivity index is 2.05. The zero-order valence-corrected chi connectivity index (χ0v) is 10.6. The van der Waals surface area contributed by atoms with Crippen LogP contribution in [0.25, 0.3) is 0 Å². The van der Waals surface area contributed by atoms with Crippen LogP contribution in [0.4, 0.5) is 11.4 Å². The van der Waals surface area contributed by atoms with Gasteiger partial charge in [-0.05, 0) is 38.6 Å². The molecule has 1 fully saturated rings. The fourth-order valence-electron chi connectivity index (χ4n) is 2.40. The number of likely N-dealkylation sites (tertiary alicyclic amines) is 1. The first-order valence-electron chi connectivity index (χ1n) is 6.22. The largest absolute Gasteiger partial charge is 0.396 e. The maximum Gasteiger partial charge on any atom is 0.250 e. The van der Waals surface area contributed by atoms with Crippen molar-refractivity contribution >= 4 is 17.3 Å². The van der Waals surface area contributed by atoms with Crippen molar-refractivity contribution in [3.8, 4) is 0 Å². The van der Waals surface area contributed by atoms with Crippen LogP contribution in [0, 0.1) is 0 Å². The van der Waals surface area contributed by atoms with Crippen LogP contribution < -0.4 is 16.8 Å². The number of carbonyl (C=O) groups is 1. The third-order valence-corrected chi connectivity index (χ3v) is 3.57. The fourth-order valence-corrected chi connectivity index (χ4v) is 2.40. The molecule has 1 amide bonds. The van der Waals surface area contributed by atoms with Crippen LogP contribution >= 0.6 is 0 Å². The van der Waals surface area contributed by atoms with Crippen LogP contribution in [0.5, 0.6) is 0 Å². The quantitative estimate of drug-likeness (QED) is 0.690. The Morgan fingerprint density at radius 2 is 2.33 bits per heavy atom. The molecule has 18 heavy (non-hydrogen) atoms. The predicted molar refractivity (Wildman–Crippen MR) is 73.5 cm³/mol. The Hall–Kier alpha value is -1.75. The van der Waals surface area contributed by atoms with Crippen molar-refractivity contribution in [2.24, 2.45) is 5.73 Å². The van der Waals surface area contributed by atoms with E-state index in [1.165, 1.54) is 12.8 Å². The number of likely N-dealkylation sites (N-methyl/N-ethyl adjacent to an activating group) is 1. The van der Waals surface area contributed by atoms with Gasteiger partial charge in [-0.1, -0.05) is 6.07 Å². The first-order valence-corrected chi connectivity index (χ1v) is 6.22. The van der Waals surface area contributed by atoms with Gasteiger partial charge in [0.2, 0.25) is 0 Å². The first kappa shape index (κ1) is 12.7. The summed E-state index contributed by atoms with van der Waals surface area (Å²) in [5, 5.41) is 3.31. The summed E-state index contributed by atoms with van der Waals surface area (Å²) in [4.78, 5) is 13.5. The second kappa shape index (κ2) is 5.27. The maximum atomic E-state index is 11.2. The van der Waals surface area contributed by atoms with E-state index in [1.54, 1.807) is 12.1 Å². The van der Waals surface area contributed by atoms with E-state index in [9.17, 15) is 4.79 Å². The highest BCUT2D eigenvalue weighted by Gasteiger charge is 2.20. The minimum atomic E-state index is -0.492. The normalized spacial score (nSPS) is 19.9. The third kappa shape index (κ3) is 2.56. The second-order valence-electron chi connectivity index (χ2n) is 4.79. The Morgan fingerprint density at radius 1 is 1.56 bits per heavy atom. The number of benzene rings is 1. The van der Waals surface area contributed by atoms with E-state index in [2.05, 4.69) is 17.3 Å². The highest BCUT2D eigenvalue weighted by Crippen LogP contribution is 2.23. The molecule has 98 valence electrons. The van der Waals surface area contributed by atoms with Gasteiger partial charge in [0.05, 0.1) is 16.9 Å². The van der Waals surface area contributed by atoms with E-state index in [0.29, 0.717) is 17.3 Å². The topological polar surface area (TPSA) is 84.4 Å². The van der Waals surface area contributed by atoms with Crippen LogP contribution in [0.1, 0.15) is 23.2 Å². The van der Waals surface area contributed by atoms with Gasteiger partial charge in [-0.3, -0.25) is 4.79 Å². The number of primary amides is 1. The molecule has 2 rings (SSSR count). The zero-order chi connectivity index (χ0) is 13.1. The number of amides is 1. The molecule has 0 saturated carbocycles. The highest BCUT2D eigenvalue weighted by atomic mass is 16.1. The molecule has 0 aliphatic carbocycles. The van der Waals surface area contributed by atoms with Gasteiger partial charge in [0.1, 0.15) is 0 Å². The van der Waals surface area contributed by atoms with Crippen molar-refractivity contribution in [3.05, 3.63) is 23.8 Å². The van der Waals surface area contributed by atoms with Crippen molar-refractivity contribution in [1.29, 1.82) is 0 Å². The number of para-hydroxylation sites is 1. The summed E-state index contributed by atoms with van der Waals surface area (Å²) in [7, 11) is 2.13. The lowest BCUT2D eigenvalue weighted by Gasteiger charge is -2.21. The Bertz CT molecular complexity index is 447. The van der Waals surface area contributed by atoms with Gasteiger partial charge in [0, 0.05) is 12.6 Å². The Kier molecular flexibility index (Phi) is 3.72. The van der Waals surface area contributed by atoms with Crippen molar-refractivity contribution in [1.82, 2.24) is 4.90 Å². The zero-order valence-electron chi connectivity index (χ0n) is 10.6. The molecular formula is C13H20N4O. The highest BCUT2D eigenvalue weighted by molar-refractivity contribution is 6.00. The Morgan fingerprint density at radius 3 is 2.94 bits per heavy atom. The molecule has 0 spiro atoms. The third-order valence-electron chi connectivity index (χ3n) is 3.57. The molecule has 1 atom stereocenters. The molecule has 1 heterocycles. The van der Waals surface area contributed by atoms with Crippen molar-refractivity contribution in [2.75, 3.05) is 31.2 Å². The maximum absolute atomic E-state index is 11.2. The van der Waals surface area contributed by atoms with Crippen molar-refractivity contribution in [3.63, 3.8) is 0 Å². The van der Waals surface area contributed by atoms with Gasteiger partial charge >= 0.3 is 0 Å². The number of rotatable bonds is 4. The van der Waals surface area contributed by atoms with Crippen LogP contribution in [0.15, 0.2) is 18.2 Å². The number of nitrogen functional groups attached to an aromatic ring is 1. The number of nitrogens with two attached hydrogens (primary N) is 2. The van der Waals surface area contributed by atoms with Gasteiger partial charge in [-0.15, -0.1) is 0 Å². The number of hydrogen-bond donors (Lipinski definition) is 3. The summed E-state index contributed by atoms with van der Waals surface area (Å²) in [5.74, 6) is -0.492. The number of hydrogen-bond acceptors (Lipinski definition) is 4. The summed E-state index contributed by atoms with van der Waals surface area (Å²) in [6, 6.07) is 5.83. The molecule has 5 heteroatoms. The molecule has 1 aromatic rings. The lowest BCUT2D eigenvalue weighted by molar-refractivity contribution is 0.100. The molecular weight excluding hydrogens is 228 g/mol. The first-order chi connectivity index (χ1) is 8.59. The van der Waals surface area contributed by atoms with E-state index in [1.807, 2.05) is 6.07 Å². The van der Waals surface area contributed by atoms with E-state index < -0.39 is 5.91 Å². The predicted octanol–water partition coefficient (Wildman–Crippen LogP) is 0.874. The molecule has 0 bridgehead atoms. The van der Waals surface area contributed by atoms with Gasteiger partial charge < -0.3 is 21.7 Å².